The Bertz CT molecular complexity index is 688. The molecule has 3 rings (SSSR count). The molecule has 4 amide bonds. The monoisotopic (exact) mass is 377 g/mol. The topological polar surface area (TPSA) is 87.3 Å². The van der Waals surface area contributed by atoms with Crippen LogP contribution in [0.5, 0.6) is 0 Å². The van der Waals surface area contributed by atoms with E-state index in [1.54, 1.807) is 0 Å². The average molecular weight is 378 g/mol. The second-order valence-electron chi connectivity index (χ2n) is 7.05. The number of imide groups is 1. The molecular formula is C19H24ClN3O3. The molecule has 1 aromatic carbocycles. The van der Waals surface area contributed by atoms with Gasteiger partial charge in [0.15, 0.2) is 0 Å². The fourth-order valence-corrected chi connectivity index (χ4v) is 4.04. The molecule has 1 heterocycles. The summed E-state index contributed by atoms with van der Waals surface area (Å²) < 4.78 is 0. The summed E-state index contributed by atoms with van der Waals surface area (Å²) >= 11 is 6.14. The molecule has 2 unspecified atom stereocenters. The molecule has 0 bridgehead atoms. The van der Waals surface area contributed by atoms with Crippen LogP contribution in [0.15, 0.2) is 24.3 Å². The molecule has 1 aliphatic carbocycles. The van der Waals surface area contributed by atoms with E-state index in [0.29, 0.717) is 23.8 Å². The van der Waals surface area contributed by atoms with Gasteiger partial charge < -0.3 is 10.6 Å². The van der Waals surface area contributed by atoms with Gasteiger partial charge in [0.2, 0.25) is 11.8 Å². The number of nitrogens with one attached hydrogen (secondary N) is 3. The fraction of sp³-hybridized carbons (Fsp3) is 0.526. The van der Waals surface area contributed by atoms with E-state index in [-0.39, 0.29) is 24.3 Å². The van der Waals surface area contributed by atoms with Crippen LogP contribution in [0.25, 0.3) is 0 Å². The minimum Gasteiger partial charge on any atom is -0.347 e. The number of amides is 4. The van der Waals surface area contributed by atoms with Crippen molar-refractivity contribution in [1.29, 1.82) is 0 Å². The fourth-order valence-electron chi connectivity index (χ4n) is 3.84. The maximum Gasteiger partial charge on any atom is 0.322 e. The van der Waals surface area contributed by atoms with Crippen LogP contribution in [0.1, 0.15) is 56.6 Å². The van der Waals surface area contributed by atoms with Crippen LogP contribution in [-0.2, 0) is 9.59 Å². The largest absolute Gasteiger partial charge is 0.347 e. The third-order valence-corrected chi connectivity index (χ3v) is 5.38. The van der Waals surface area contributed by atoms with Crippen LogP contribution in [0.3, 0.4) is 0 Å². The zero-order valence-electron chi connectivity index (χ0n) is 14.6. The van der Waals surface area contributed by atoms with Gasteiger partial charge in [0.25, 0.3) is 0 Å². The van der Waals surface area contributed by atoms with Gasteiger partial charge in [0.05, 0.1) is 6.04 Å². The quantitative estimate of drug-likeness (QED) is 0.753. The van der Waals surface area contributed by atoms with Gasteiger partial charge in [-0.05, 0) is 49.3 Å². The zero-order chi connectivity index (χ0) is 18.5. The van der Waals surface area contributed by atoms with E-state index >= 15 is 0 Å². The summed E-state index contributed by atoms with van der Waals surface area (Å²) in [6.07, 6.45) is 5.67. The van der Waals surface area contributed by atoms with Crippen molar-refractivity contribution in [1.82, 2.24) is 16.0 Å². The minimum absolute atomic E-state index is 0.124. The van der Waals surface area contributed by atoms with E-state index in [4.69, 9.17) is 11.6 Å². The van der Waals surface area contributed by atoms with Crippen molar-refractivity contribution in [2.45, 2.75) is 57.0 Å². The zero-order valence-corrected chi connectivity index (χ0v) is 15.3. The molecular weight excluding hydrogens is 354 g/mol. The molecule has 1 aliphatic heterocycles. The summed E-state index contributed by atoms with van der Waals surface area (Å²) in [5.74, 6) is -0.170. The maximum atomic E-state index is 12.8. The second-order valence-corrected chi connectivity index (χ2v) is 7.49. The lowest BCUT2D eigenvalue weighted by Crippen LogP contribution is -2.53. The molecule has 26 heavy (non-hydrogen) atoms. The number of hydrogen-bond acceptors (Lipinski definition) is 3. The summed E-state index contributed by atoms with van der Waals surface area (Å²) in [6, 6.07) is 6.19. The highest BCUT2D eigenvalue weighted by molar-refractivity contribution is 6.30. The highest BCUT2D eigenvalue weighted by Crippen LogP contribution is 2.36. The molecule has 2 aliphatic rings. The number of carbonyl (C=O) groups is 3. The van der Waals surface area contributed by atoms with Gasteiger partial charge in [-0.3, -0.25) is 14.9 Å². The average Bonchev–Trinajstić information content (AvgIpc) is 3.11. The van der Waals surface area contributed by atoms with Crippen molar-refractivity contribution in [3.63, 3.8) is 0 Å². The molecule has 2 atom stereocenters. The number of carbonyl (C=O) groups excluding carboxylic acids is 3. The Morgan fingerprint density at radius 3 is 2.65 bits per heavy atom. The van der Waals surface area contributed by atoms with Crippen molar-refractivity contribution in [2.24, 2.45) is 5.92 Å². The first-order valence-corrected chi connectivity index (χ1v) is 9.57. The predicted molar refractivity (Wildman–Crippen MR) is 98.6 cm³/mol. The van der Waals surface area contributed by atoms with Crippen LogP contribution < -0.4 is 16.0 Å². The normalized spacial score (nSPS) is 22.7. The Kier molecular flexibility index (Phi) is 6.14. The van der Waals surface area contributed by atoms with Crippen molar-refractivity contribution in [3.8, 4) is 0 Å². The van der Waals surface area contributed by atoms with Gasteiger partial charge in [0.1, 0.15) is 6.04 Å². The summed E-state index contributed by atoms with van der Waals surface area (Å²) in [6.45, 7) is 0. The lowest BCUT2D eigenvalue weighted by atomic mass is 9.91. The van der Waals surface area contributed by atoms with Gasteiger partial charge >= 0.3 is 6.03 Å². The van der Waals surface area contributed by atoms with Crippen molar-refractivity contribution in [2.75, 3.05) is 0 Å². The van der Waals surface area contributed by atoms with Crippen LogP contribution in [0, 0.1) is 5.92 Å². The lowest BCUT2D eigenvalue weighted by Gasteiger charge is -2.28. The number of halogens is 1. The molecule has 0 spiro atoms. The van der Waals surface area contributed by atoms with Crippen LogP contribution in [0.4, 0.5) is 4.79 Å². The second kappa shape index (κ2) is 8.54. The predicted octanol–water partition coefficient (Wildman–Crippen LogP) is 3.07. The van der Waals surface area contributed by atoms with E-state index in [1.807, 2.05) is 24.3 Å². The molecule has 0 radical (unpaired) electrons. The highest BCUT2D eigenvalue weighted by atomic mass is 35.5. The molecule has 1 saturated heterocycles. The molecule has 0 aromatic heterocycles. The third kappa shape index (κ3) is 4.75. The van der Waals surface area contributed by atoms with Gasteiger partial charge in [-0.25, -0.2) is 4.79 Å². The number of rotatable bonds is 4. The Morgan fingerprint density at radius 1 is 1.15 bits per heavy atom. The lowest BCUT2D eigenvalue weighted by molar-refractivity contribution is -0.125. The van der Waals surface area contributed by atoms with E-state index < -0.39 is 12.1 Å². The third-order valence-electron chi connectivity index (χ3n) is 5.15. The molecule has 140 valence electrons. The van der Waals surface area contributed by atoms with Crippen molar-refractivity contribution >= 4 is 29.4 Å². The number of benzene rings is 1. The van der Waals surface area contributed by atoms with Gasteiger partial charge in [-0.1, -0.05) is 36.6 Å². The first-order valence-electron chi connectivity index (χ1n) is 9.19. The molecule has 2 fully saturated rings. The molecule has 3 N–H and O–H groups in total. The summed E-state index contributed by atoms with van der Waals surface area (Å²) in [4.78, 5) is 36.0. The van der Waals surface area contributed by atoms with E-state index in [9.17, 15) is 14.4 Å². The molecule has 1 aromatic rings. The van der Waals surface area contributed by atoms with Crippen molar-refractivity contribution < 1.29 is 14.4 Å². The molecule has 1 saturated carbocycles. The summed E-state index contributed by atoms with van der Waals surface area (Å²) in [5.41, 5.74) is 0.989. The Labute approximate surface area is 158 Å². The van der Waals surface area contributed by atoms with Gasteiger partial charge in [0, 0.05) is 11.4 Å². The van der Waals surface area contributed by atoms with E-state index in [0.717, 1.165) is 31.2 Å². The first kappa shape index (κ1) is 18.7. The Hall–Kier alpha value is -2.08. The molecule has 6 nitrogen and oxygen atoms in total. The van der Waals surface area contributed by atoms with E-state index in [1.165, 1.54) is 0 Å². The van der Waals surface area contributed by atoms with E-state index in [2.05, 4.69) is 16.0 Å². The minimum atomic E-state index is -0.647. The van der Waals surface area contributed by atoms with Crippen LogP contribution in [0.2, 0.25) is 5.02 Å². The Morgan fingerprint density at radius 2 is 1.92 bits per heavy atom. The van der Waals surface area contributed by atoms with Gasteiger partial charge in [-0.15, -0.1) is 0 Å². The van der Waals surface area contributed by atoms with Gasteiger partial charge in [-0.2, -0.15) is 0 Å². The standard InChI is InChI=1S/C19H24ClN3O3/c20-14-8-3-7-13(11-14)17(12-5-1-2-6-12)23-18(25)15-9-4-10-16(24)22-19(26)21-15/h3,7-8,11-12,15,17H,1-2,4-6,9-10H2,(H,23,25)(H2,21,22,24,26). The van der Waals surface area contributed by atoms with Crippen molar-refractivity contribution in [3.05, 3.63) is 34.9 Å². The Balaban J connectivity index is 1.74. The smallest absolute Gasteiger partial charge is 0.322 e. The SMILES string of the molecule is O=C1CCCC(C(=O)NC(c2cccc(Cl)c2)C2CCCC2)NC(=O)N1. The van der Waals surface area contributed by atoms with Crippen LogP contribution in [-0.4, -0.2) is 23.9 Å². The number of hydrogen-bond donors (Lipinski definition) is 3. The summed E-state index contributed by atoms with van der Waals surface area (Å²) in [5, 5.41) is 8.59. The van der Waals surface area contributed by atoms with Crippen LogP contribution >= 0.6 is 11.6 Å². The first-order chi connectivity index (χ1) is 12.5. The summed E-state index contributed by atoms with van der Waals surface area (Å²) in [7, 11) is 0. The maximum absolute atomic E-state index is 12.8. The number of urea groups is 1. The highest BCUT2D eigenvalue weighted by Gasteiger charge is 2.31. The molecule has 7 heteroatoms.